The van der Waals surface area contributed by atoms with Gasteiger partial charge >= 0.3 is 0 Å². The van der Waals surface area contributed by atoms with Crippen LogP contribution in [0.5, 0.6) is 0 Å². The van der Waals surface area contributed by atoms with Crippen LogP contribution in [0.4, 0.5) is 0 Å². The first kappa shape index (κ1) is 10.5. The van der Waals surface area contributed by atoms with E-state index < -0.39 is 0 Å². The Morgan fingerprint density at radius 2 is 1.82 bits per heavy atom. The molecular formula is C9H18O2. The Morgan fingerprint density at radius 1 is 1.27 bits per heavy atom. The highest BCUT2D eigenvalue weighted by molar-refractivity contribution is 5.36. The third kappa shape index (κ3) is 5.89. The van der Waals surface area contributed by atoms with Crippen molar-refractivity contribution in [1.82, 2.24) is 0 Å². The molecule has 0 aromatic rings. The lowest BCUT2D eigenvalue weighted by Crippen LogP contribution is -2.08. The topological polar surface area (TPSA) is 26.3 Å². The SMILES string of the molecule is CCCC(CCC)COC=O. The lowest BCUT2D eigenvalue weighted by molar-refractivity contribution is -0.130. The van der Waals surface area contributed by atoms with Gasteiger partial charge in [0.25, 0.3) is 6.47 Å². The Labute approximate surface area is 68.9 Å². The standard InChI is InChI=1S/C9H18O2/c1-3-5-9(6-4-2)7-11-8-10/h8-9H,3-7H2,1-2H3. The Balaban J connectivity index is 3.41. The molecule has 0 aromatic carbocycles. The maximum absolute atomic E-state index is 9.90. The van der Waals surface area contributed by atoms with Gasteiger partial charge in [-0.2, -0.15) is 0 Å². The summed E-state index contributed by atoms with van der Waals surface area (Å²) in [5.41, 5.74) is 0. The second-order valence-electron chi connectivity index (χ2n) is 2.87. The van der Waals surface area contributed by atoms with Crippen LogP contribution in [0.25, 0.3) is 0 Å². The molecule has 0 atom stereocenters. The van der Waals surface area contributed by atoms with Gasteiger partial charge in [0, 0.05) is 0 Å². The molecule has 0 unspecified atom stereocenters. The summed E-state index contributed by atoms with van der Waals surface area (Å²) in [5.74, 6) is 0.579. The molecular weight excluding hydrogens is 140 g/mol. The van der Waals surface area contributed by atoms with Crippen LogP contribution in [0.15, 0.2) is 0 Å². The van der Waals surface area contributed by atoms with Crippen LogP contribution in [-0.4, -0.2) is 13.1 Å². The van der Waals surface area contributed by atoms with Crippen LogP contribution in [0.2, 0.25) is 0 Å². The molecule has 2 heteroatoms. The number of carbonyl (C=O) groups excluding carboxylic acids is 1. The van der Waals surface area contributed by atoms with E-state index in [-0.39, 0.29) is 0 Å². The minimum absolute atomic E-state index is 0.540. The quantitative estimate of drug-likeness (QED) is 0.532. The van der Waals surface area contributed by atoms with Gasteiger partial charge in [-0.3, -0.25) is 4.79 Å². The number of carbonyl (C=O) groups is 1. The molecule has 0 spiro atoms. The molecule has 66 valence electrons. The zero-order valence-corrected chi connectivity index (χ0v) is 7.51. The summed E-state index contributed by atoms with van der Waals surface area (Å²) in [6.45, 7) is 5.46. The van der Waals surface area contributed by atoms with Crippen molar-refractivity contribution >= 4 is 6.47 Å². The number of rotatable bonds is 7. The van der Waals surface area contributed by atoms with Gasteiger partial charge in [0.1, 0.15) is 0 Å². The Morgan fingerprint density at radius 3 is 2.18 bits per heavy atom. The van der Waals surface area contributed by atoms with Crippen molar-refractivity contribution < 1.29 is 9.53 Å². The maximum atomic E-state index is 9.90. The molecule has 0 saturated carbocycles. The number of hydrogen-bond donors (Lipinski definition) is 0. The van der Waals surface area contributed by atoms with E-state index in [2.05, 4.69) is 13.8 Å². The Kier molecular flexibility index (Phi) is 7.21. The number of hydrogen-bond acceptors (Lipinski definition) is 2. The highest BCUT2D eigenvalue weighted by atomic mass is 16.5. The molecule has 2 nitrogen and oxygen atoms in total. The van der Waals surface area contributed by atoms with Gasteiger partial charge in [-0.25, -0.2) is 0 Å². The van der Waals surface area contributed by atoms with E-state index in [0.717, 1.165) is 0 Å². The zero-order valence-electron chi connectivity index (χ0n) is 7.51. The molecule has 11 heavy (non-hydrogen) atoms. The van der Waals surface area contributed by atoms with E-state index in [1.807, 2.05) is 0 Å². The van der Waals surface area contributed by atoms with Crippen LogP contribution in [0, 0.1) is 5.92 Å². The minimum Gasteiger partial charge on any atom is -0.468 e. The molecule has 0 aliphatic heterocycles. The second-order valence-corrected chi connectivity index (χ2v) is 2.87. The van der Waals surface area contributed by atoms with Crippen LogP contribution >= 0.6 is 0 Å². The summed E-state index contributed by atoms with van der Waals surface area (Å²) in [6.07, 6.45) is 4.68. The predicted molar refractivity (Wildman–Crippen MR) is 45.3 cm³/mol. The molecule has 0 fully saturated rings. The summed E-state index contributed by atoms with van der Waals surface area (Å²) in [6, 6.07) is 0. The fourth-order valence-corrected chi connectivity index (χ4v) is 1.30. The van der Waals surface area contributed by atoms with Gasteiger partial charge in [0.05, 0.1) is 6.61 Å². The second kappa shape index (κ2) is 7.58. The van der Waals surface area contributed by atoms with Gasteiger partial charge in [-0.1, -0.05) is 26.7 Å². The molecule has 0 rings (SSSR count). The molecule has 0 radical (unpaired) electrons. The molecule has 0 heterocycles. The summed E-state index contributed by atoms with van der Waals surface area (Å²) in [5, 5.41) is 0. The molecule has 0 amide bonds. The van der Waals surface area contributed by atoms with Crippen LogP contribution in [-0.2, 0) is 9.53 Å². The summed E-state index contributed by atoms with van der Waals surface area (Å²) >= 11 is 0. The van der Waals surface area contributed by atoms with E-state index in [1.54, 1.807) is 0 Å². The van der Waals surface area contributed by atoms with Crippen molar-refractivity contribution in [2.45, 2.75) is 39.5 Å². The highest BCUT2D eigenvalue weighted by Crippen LogP contribution is 2.12. The average Bonchev–Trinajstić information content (AvgIpc) is 2.01. The molecule has 0 aromatic heterocycles. The third-order valence-electron chi connectivity index (χ3n) is 1.79. The fraction of sp³-hybridized carbons (Fsp3) is 0.889. The van der Waals surface area contributed by atoms with Crippen molar-refractivity contribution in [2.24, 2.45) is 5.92 Å². The number of ether oxygens (including phenoxy) is 1. The van der Waals surface area contributed by atoms with Gasteiger partial charge < -0.3 is 4.74 Å². The van der Waals surface area contributed by atoms with E-state index in [1.165, 1.54) is 25.7 Å². The van der Waals surface area contributed by atoms with Crippen LogP contribution in [0.3, 0.4) is 0 Å². The van der Waals surface area contributed by atoms with Gasteiger partial charge in [-0.15, -0.1) is 0 Å². The third-order valence-corrected chi connectivity index (χ3v) is 1.79. The lowest BCUT2D eigenvalue weighted by Gasteiger charge is -2.12. The van der Waals surface area contributed by atoms with Crippen molar-refractivity contribution in [1.29, 1.82) is 0 Å². The van der Waals surface area contributed by atoms with E-state index in [9.17, 15) is 4.79 Å². The first-order valence-corrected chi connectivity index (χ1v) is 4.40. The summed E-state index contributed by atoms with van der Waals surface area (Å²) in [7, 11) is 0. The normalized spacial score (nSPS) is 10.1. The first-order valence-electron chi connectivity index (χ1n) is 4.40. The molecule has 0 aliphatic carbocycles. The molecule has 0 bridgehead atoms. The van der Waals surface area contributed by atoms with E-state index >= 15 is 0 Å². The lowest BCUT2D eigenvalue weighted by atomic mass is 10.00. The minimum atomic E-state index is 0.540. The predicted octanol–water partition coefficient (Wildman–Crippen LogP) is 2.38. The monoisotopic (exact) mass is 158 g/mol. The first-order chi connectivity index (χ1) is 5.35. The van der Waals surface area contributed by atoms with Crippen LogP contribution < -0.4 is 0 Å². The Bertz CT molecular complexity index is 85.6. The molecule has 0 aliphatic rings. The van der Waals surface area contributed by atoms with Crippen molar-refractivity contribution in [3.63, 3.8) is 0 Å². The average molecular weight is 158 g/mol. The van der Waals surface area contributed by atoms with E-state index in [0.29, 0.717) is 19.0 Å². The molecule has 0 saturated heterocycles. The van der Waals surface area contributed by atoms with Gasteiger partial charge in [0.2, 0.25) is 0 Å². The Hall–Kier alpha value is -0.530. The zero-order chi connectivity index (χ0) is 8.53. The maximum Gasteiger partial charge on any atom is 0.293 e. The van der Waals surface area contributed by atoms with E-state index in [4.69, 9.17) is 4.74 Å². The largest absolute Gasteiger partial charge is 0.468 e. The molecule has 0 N–H and O–H groups in total. The van der Waals surface area contributed by atoms with Gasteiger partial charge in [-0.05, 0) is 18.8 Å². The summed E-state index contributed by atoms with van der Waals surface area (Å²) in [4.78, 5) is 9.90. The van der Waals surface area contributed by atoms with Crippen molar-refractivity contribution in [3.8, 4) is 0 Å². The summed E-state index contributed by atoms with van der Waals surface area (Å²) < 4.78 is 4.72. The van der Waals surface area contributed by atoms with Crippen molar-refractivity contribution in [2.75, 3.05) is 6.61 Å². The highest BCUT2D eigenvalue weighted by Gasteiger charge is 2.05. The smallest absolute Gasteiger partial charge is 0.293 e. The van der Waals surface area contributed by atoms with Gasteiger partial charge in [0.15, 0.2) is 0 Å². The van der Waals surface area contributed by atoms with Crippen molar-refractivity contribution in [3.05, 3.63) is 0 Å². The van der Waals surface area contributed by atoms with Crippen LogP contribution in [0.1, 0.15) is 39.5 Å². The fourth-order valence-electron chi connectivity index (χ4n) is 1.30.